The van der Waals surface area contributed by atoms with Gasteiger partial charge in [-0.15, -0.1) is 0 Å². The van der Waals surface area contributed by atoms with Crippen molar-refractivity contribution in [2.75, 3.05) is 0 Å². The highest BCUT2D eigenvalue weighted by atomic mass is 19.4. The van der Waals surface area contributed by atoms with E-state index >= 15 is 0 Å². The predicted molar refractivity (Wildman–Crippen MR) is 84.8 cm³/mol. The number of nitrogens with zero attached hydrogens (tertiary/aromatic N) is 1. The summed E-state index contributed by atoms with van der Waals surface area (Å²) in [6.45, 7) is 8.87. The molecule has 0 aliphatic carbocycles. The first-order valence-electron chi connectivity index (χ1n) is 8.02. The van der Waals surface area contributed by atoms with E-state index in [4.69, 9.17) is 4.84 Å². The smallest absolute Gasteiger partial charge is 0.277 e. The largest absolute Gasteiger partial charge is 0.423 e. The van der Waals surface area contributed by atoms with Crippen molar-refractivity contribution in [3.8, 4) is 0 Å². The third-order valence-corrected chi connectivity index (χ3v) is 4.82. The van der Waals surface area contributed by atoms with Crippen molar-refractivity contribution in [2.24, 2.45) is 0 Å². The molecule has 1 fully saturated rings. The fourth-order valence-electron chi connectivity index (χ4n) is 3.43. The van der Waals surface area contributed by atoms with Crippen molar-refractivity contribution in [1.82, 2.24) is 5.06 Å². The molecule has 2 nitrogen and oxygen atoms in total. The summed E-state index contributed by atoms with van der Waals surface area (Å²) in [4.78, 5) is 5.77. The minimum Gasteiger partial charge on any atom is -0.277 e. The van der Waals surface area contributed by atoms with Gasteiger partial charge >= 0.3 is 6.18 Å². The Morgan fingerprint density at radius 1 is 0.957 bits per heavy atom. The van der Waals surface area contributed by atoms with Crippen LogP contribution in [-0.2, 0) is 10.4 Å². The molecule has 130 valence electrons. The highest BCUT2D eigenvalue weighted by molar-refractivity contribution is 5.23. The molecule has 0 unspecified atom stereocenters. The highest BCUT2D eigenvalue weighted by Crippen LogP contribution is 2.47. The van der Waals surface area contributed by atoms with Gasteiger partial charge in [-0.2, -0.15) is 18.2 Å². The molecule has 1 saturated heterocycles. The van der Waals surface area contributed by atoms with Gasteiger partial charge < -0.3 is 0 Å². The average Bonchev–Trinajstić information content (AvgIpc) is 2.42. The first-order valence-corrected chi connectivity index (χ1v) is 8.02. The van der Waals surface area contributed by atoms with Crippen LogP contribution in [0.25, 0.3) is 0 Å². The number of hydrogen-bond donors (Lipinski definition) is 0. The van der Waals surface area contributed by atoms with Gasteiger partial charge in [-0.25, -0.2) is 0 Å². The van der Waals surface area contributed by atoms with Crippen LogP contribution in [0.1, 0.15) is 59.4 Å². The van der Waals surface area contributed by atoms with Gasteiger partial charge in [0.2, 0.25) is 5.60 Å². The Balaban J connectivity index is 2.46. The predicted octanol–water partition coefficient (Wildman–Crippen LogP) is 5.44. The summed E-state index contributed by atoms with van der Waals surface area (Å²) in [6, 6.07) is 7.86. The van der Waals surface area contributed by atoms with Crippen LogP contribution in [-0.4, -0.2) is 22.3 Å². The average molecular weight is 329 g/mol. The third-order valence-electron chi connectivity index (χ3n) is 4.82. The molecule has 1 aliphatic heterocycles. The molecular weight excluding hydrogens is 303 g/mol. The lowest BCUT2D eigenvalue weighted by atomic mass is 9.82. The Kier molecular flexibility index (Phi) is 4.59. The van der Waals surface area contributed by atoms with E-state index in [1.54, 1.807) is 23.3 Å². The lowest BCUT2D eigenvalue weighted by molar-refractivity contribution is -0.400. The molecule has 1 aliphatic rings. The van der Waals surface area contributed by atoms with E-state index in [1.165, 1.54) is 12.1 Å². The second kappa shape index (κ2) is 5.78. The van der Waals surface area contributed by atoms with Gasteiger partial charge in [-0.05, 0) is 59.4 Å². The monoisotopic (exact) mass is 329 g/mol. The van der Waals surface area contributed by atoms with Gasteiger partial charge in [0.25, 0.3) is 0 Å². The lowest BCUT2D eigenvalue weighted by Gasteiger charge is -2.54. The summed E-state index contributed by atoms with van der Waals surface area (Å²) >= 11 is 0. The molecule has 2 rings (SSSR count). The van der Waals surface area contributed by atoms with Crippen LogP contribution in [0.4, 0.5) is 13.2 Å². The maximum atomic E-state index is 13.9. The minimum absolute atomic E-state index is 0.115. The number of hydroxylamine groups is 2. The fraction of sp³-hybridized carbons (Fsp3) is 0.667. The van der Waals surface area contributed by atoms with E-state index in [0.717, 1.165) is 26.2 Å². The summed E-state index contributed by atoms with van der Waals surface area (Å²) in [5.41, 5.74) is -3.17. The van der Waals surface area contributed by atoms with Crippen LogP contribution < -0.4 is 0 Å². The third kappa shape index (κ3) is 3.41. The number of halogens is 3. The highest BCUT2D eigenvalue weighted by Gasteiger charge is 2.58. The Hall–Kier alpha value is -1.07. The molecule has 1 heterocycles. The molecule has 5 heteroatoms. The van der Waals surface area contributed by atoms with Crippen molar-refractivity contribution in [3.63, 3.8) is 0 Å². The zero-order valence-corrected chi connectivity index (χ0v) is 14.5. The Morgan fingerprint density at radius 3 is 1.87 bits per heavy atom. The molecule has 0 saturated carbocycles. The summed E-state index contributed by atoms with van der Waals surface area (Å²) < 4.78 is 41.7. The maximum absolute atomic E-state index is 13.9. The van der Waals surface area contributed by atoms with E-state index in [2.05, 4.69) is 0 Å². The van der Waals surface area contributed by atoms with Crippen molar-refractivity contribution in [2.45, 2.75) is 76.7 Å². The van der Waals surface area contributed by atoms with E-state index < -0.39 is 22.9 Å². The van der Waals surface area contributed by atoms with Gasteiger partial charge in [-0.3, -0.25) is 4.84 Å². The van der Waals surface area contributed by atoms with E-state index in [1.807, 2.05) is 27.7 Å². The zero-order valence-electron chi connectivity index (χ0n) is 14.5. The number of hydrogen-bond acceptors (Lipinski definition) is 2. The molecule has 0 radical (unpaired) electrons. The van der Waals surface area contributed by atoms with Crippen LogP contribution in [0.2, 0.25) is 0 Å². The molecule has 23 heavy (non-hydrogen) atoms. The molecule has 1 aromatic carbocycles. The Morgan fingerprint density at radius 2 is 1.43 bits per heavy atom. The SMILES string of the molecule is CC1(C)CCCC(C)(C)N1O[C@@](C)(c1ccccc1)C(F)(F)F. The van der Waals surface area contributed by atoms with Crippen molar-refractivity contribution in [3.05, 3.63) is 35.9 Å². The molecule has 0 aromatic heterocycles. The van der Waals surface area contributed by atoms with E-state index in [-0.39, 0.29) is 5.56 Å². The van der Waals surface area contributed by atoms with Crippen LogP contribution in [0, 0.1) is 0 Å². The number of rotatable bonds is 3. The van der Waals surface area contributed by atoms with Gasteiger partial charge in [0.05, 0.1) is 0 Å². The normalized spacial score (nSPS) is 24.2. The van der Waals surface area contributed by atoms with Crippen LogP contribution in [0.3, 0.4) is 0 Å². The van der Waals surface area contributed by atoms with Crippen LogP contribution >= 0.6 is 0 Å². The van der Waals surface area contributed by atoms with Gasteiger partial charge in [-0.1, -0.05) is 30.3 Å². The van der Waals surface area contributed by atoms with Crippen LogP contribution in [0.15, 0.2) is 30.3 Å². The minimum atomic E-state index is -4.52. The Bertz CT molecular complexity index is 523. The number of benzene rings is 1. The van der Waals surface area contributed by atoms with E-state index in [0.29, 0.717) is 0 Å². The first kappa shape index (κ1) is 18.3. The quantitative estimate of drug-likeness (QED) is 0.732. The zero-order chi connectivity index (χ0) is 17.5. The molecule has 1 aromatic rings. The molecule has 0 N–H and O–H groups in total. The van der Waals surface area contributed by atoms with E-state index in [9.17, 15) is 13.2 Å². The summed E-state index contributed by atoms with van der Waals surface area (Å²) in [5, 5.41) is 1.57. The fourth-order valence-corrected chi connectivity index (χ4v) is 3.43. The molecule has 0 amide bonds. The maximum Gasteiger partial charge on any atom is 0.423 e. The molecular formula is C18H26F3NO. The topological polar surface area (TPSA) is 12.5 Å². The standard InChI is InChI=1S/C18H26F3NO/c1-15(2)12-9-13-16(3,4)22(15)23-17(5,18(19,20)21)14-10-7-6-8-11-14/h6-8,10-11H,9,12-13H2,1-5H3/t17-/m0/s1. The second-order valence-electron chi connectivity index (χ2n) is 7.76. The van der Waals surface area contributed by atoms with Crippen molar-refractivity contribution >= 4 is 0 Å². The van der Waals surface area contributed by atoms with Crippen molar-refractivity contribution in [1.29, 1.82) is 0 Å². The summed E-state index contributed by atoms with van der Waals surface area (Å²) in [6.07, 6.45) is -1.93. The molecule has 0 bridgehead atoms. The van der Waals surface area contributed by atoms with Gasteiger partial charge in [0.15, 0.2) is 0 Å². The van der Waals surface area contributed by atoms with Gasteiger partial charge in [0, 0.05) is 11.1 Å². The molecule has 1 atom stereocenters. The summed E-state index contributed by atoms with van der Waals surface area (Å²) in [7, 11) is 0. The first-order chi connectivity index (χ1) is 10.4. The summed E-state index contributed by atoms with van der Waals surface area (Å²) in [5.74, 6) is 0. The number of alkyl halides is 3. The van der Waals surface area contributed by atoms with Crippen molar-refractivity contribution < 1.29 is 18.0 Å². The second-order valence-corrected chi connectivity index (χ2v) is 7.76. The van der Waals surface area contributed by atoms with Crippen LogP contribution in [0.5, 0.6) is 0 Å². The molecule has 0 spiro atoms. The van der Waals surface area contributed by atoms with Gasteiger partial charge in [0.1, 0.15) is 0 Å². The Labute approximate surface area is 136 Å². The lowest BCUT2D eigenvalue weighted by Crippen LogP contribution is -2.62. The number of piperidine rings is 1.